The van der Waals surface area contributed by atoms with E-state index >= 15 is 0 Å². The normalized spacial score (nSPS) is 12.3. The van der Waals surface area contributed by atoms with E-state index in [4.69, 9.17) is 14.6 Å². The van der Waals surface area contributed by atoms with E-state index in [1.54, 1.807) is 18.2 Å². The van der Waals surface area contributed by atoms with Gasteiger partial charge in [0.15, 0.2) is 0 Å². The lowest BCUT2D eigenvalue weighted by molar-refractivity contribution is -0.274. The molecule has 10 heteroatoms. The molecule has 0 aromatic heterocycles. The Kier molecular flexibility index (Phi) is 10.2. The number of rotatable bonds is 13. The number of ether oxygens (including phenoxy) is 3. The predicted molar refractivity (Wildman–Crippen MR) is 118 cm³/mol. The summed E-state index contributed by atoms with van der Waals surface area (Å²) in [6.07, 6.45) is -4.94. The monoisotopic (exact) mass is 483 g/mol. The number of aryl methyl sites for hydroxylation is 2. The lowest BCUT2D eigenvalue weighted by Crippen LogP contribution is -2.35. The van der Waals surface area contributed by atoms with Gasteiger partial charge in [-0.25, -0.2) is 0 Å². The molecule has 2 aromatic rings. The summed E-state index contributed by atoms with van der Waals surface area (Å²) in [6.45, 7) is 0.440. The number of hydrogen-bond donors (Lipinski definition) is 1. The summed E-state index contributed by atoms with van der Waals surface area (Å²) in [5.41, 5.74) is 1.51. The molecule has 7 nitrogen and oxygen atoms in total. The van der Waals surface area contributed by atoms with Gasteiger partial charge in [-0.05, 0) is 56.3 Å². The Bertz CT molecular complexity index is 948. The second-order valence-corrected chi connectivity index (χ2v) is 7.88. The third kappa shape index (κ3) is 10.6. The minimum Gasteiger partial charge on any atom is -0.489 e. The van der Waals surface area contributed by atoms with Gasteiger partial charge >= 0.3 is 18.3 Å². The van der Waals surface area contributed by atoms with Gasteiger partial charge < -0.3 is 24.2 Å². The van der Waals surface area contributed by atoms with Crippen molar-refractivity contribution in [3.63, 3.8) is 0 Å². The van der Waals surface area contributed by atoms with Crippen molar-refractivity contribution in [2.24, 2.45) is 0 Å². The highest BCUT2D eigenvalue weighted by atomic mass is 19.4. The zero-order chi connectivity index (χ0) is 25.1. The van der Waals surface area contributed by atoms with Crippen LogP contribution in [-0.4, -0.2) is 61.7 Å². The quantitative estimate of drug-likeness (QED) is 0.430. The molecule has 0 radical (unpaired) electrons. The van der Waals surface area contributed by atoms with Gasteiger partial charge in [-0.3, -0.25) is 9.59 Å². The van der Waals surface area contributed by atoms with Gasteiger partial charge in [0.05, 0.1) is 12.8 Å². The van der Waals surface area contributed by atoms with Crippen molar-refractivity contribution in [2.75, 3.05) is 27.2 Å². The van der Waals surface area contributed by atoms with Crippen LogP contribution in [0.5, 0.6) is 11.5 Å². The molecule has 0 bridgehead atoms. The minimum absolute atomic E-state index is 0.0584. The lowest BCUT2D eigenvalue weighted by Gasteiger charge is -2.22. The fourth-order valence-corrected chi connectivity index (χ4v) is 3.20. The number of halogens is 3. The highest BCUT2D eigenvalue weighted by molar-refractivity contribution is 5.76. The number of benzene rings is 2. The molecule has 2 rings (SSSR count). The second-order valence-electron chi connectivity index (χ2n) is 7.88. The maximum Gasteiger partial charge on any atom is 0.573 e. The highest BCUT2D eigenvalue weighted by Gasteiger charge is 2.31. The van der Waals surface area contributed by atoms with E-state index in [1.165, 1.54) is 18.2 Å². The molecule has 0 aliphatic rings. The molecule has 1 atom stereocenters. The molecule has 0 heterocycles. The van der Waals surface area contributed by atoms with E-state index in [-0.39, 0.29) is 25.2 Å². The Labute approximate surface area is 196 Å². The third-order valence-electron chi connectivity index (χ3n) is 4.62. The van der Waals surface area contributed by atoms with Gasteiger partial charge in [0.1, 0.15) is 24.2 Å². The summed E-state index contributed by atoms with van der Waals surface area (Å²) in [5, 5.41) is 8.72. The number of carbonyl (C=O) groups excluding carboxylic acids is 1. The molecule has 186 valence electrons. The molecule has 0 spiro atoms. The number of carboxylic acid groups (broad SMARTS) is 1. The van der Waals surface area contributed by atoms with E-state index in [9.17, 15) is 22.8 Å². The number of esters is 1. The van der Waals surface area contributed by atoms with E-state index in [2.05, 4.69) is 4.74 Å². The predicted octanol–water partition coefficient (Wildman–Crippen LogP) is 4.09. The summed E-state index contributed by atoms with van der Waals surface area (Å²) in [6, 6.07) is 13.0. The Morgan fingerprint density at radius 3 is 2.44 bits per heavy atom. The smallest absolute Gasteiger partial charge is 0.489 e. The van der Waals surface area contributed by atoms with Crippen molar-refractivity contribution < 1.29 is 42.1 Å². The number of aliphatic carboxylic acids is 1. The zero-order valence-electron chi connectivity index (χ0n) is 19.0. The SMILES string of the molecule is CN(C)CC(COc1ccccc1CCc1cccc(OC(F)(F)F)c1)OC(=O)CCC(=O)O. The van der Waals surface area contributed by atoms with Gasteiger partial charge in [0.25, 0.3) is 0 Å². The van der Waals surface area contributed by atoms with Crippen molar-refractivity contribution in [1.29, 1.82) is 0 Å². The first-order valence-electron chi connectivity index (χ1n) is 10.6. The van der Waals surface area contributed by atoms with Gasteiger partial charge in [0.2, 0.25) is 0 Å². The first kappa shape index (κ1) is 27.0. The Morgan fingerprint density at radius 2 is 1.76 bits per heavy atom. The molecule has 0 aliphatic heterocycles. The summed E-state index contributed by atoms with van der Waals surface area (Å²) >= 11 is 0. The topological polar surface area (TPSA) is 85.3 Å². The molecule has 0 saturated heterocycles. The Morgan fingerprint density at radius 1 is 1.03 bits per heavy atom. The van der Waals surface area contributed by atoms with Crippen molar-refractivity contribution in [2.45, 2.75) is 38.1 Å². The van der Waals surface area contributed by atoms with Gasteiger partial charge in [0, 0.05) is 6.54 Å². The molecule has 1 N–H and O–H groups in total. The number of hydrogen-bond acceptors (Lipinski definition) is 6. The average Bonchev–Trinajstić information content (AvgIpc) is 2.74. The maximum absolute atomic E-state index is 12.5. The van der Waals surface area contributed by atoms with Crippen LogP contribution in [0.25, 0.3) is 0 Å². The van der Waals surface area contributed by atoms with Crippen molar-refractivity contribution >= 4 is 11.9 Å². The Hall–Kier alpha value is -3.27. The average molecular weight is 483 g/mol. The van der Waals surface area contributed by atoms with Crippen LogP contribution in [0, 0.1) is 0 Å². The van der Waals surface area contributed by atoms with E-state index in [0.717, 1.165) is 5.56 Å². The fourth-order valence-electron chi connectivity index (χ4n) is 3.20. The van der Waals surface area contributed by atoms with Crippen molar-refractivity contribution in [1.82, 2.24) is 4.90 Å². The molecule has 34 heavy (non-hydrogen) atoms. The molecule has 0 aliphatic carbocycles. The first-order chi connectivity index (χ1) is 16.0. The number of nitrogens with zero attached hydrogens (tertiary/aromatic N) is 1. The van der Waals surface area contributed by atoms with Crippen LogP contribution in [-0.2, 0) is 27.2 Å². The first-order valence-corrected chi connectivity index (χ1v) is 10.6. The summed E-state index contributed by atoms with van der Waals surface area (Å²) in [5.74, 6) is -1.41. The molecular weight excluding hydrogens is 455 g/mol. The molecule has 2 aromatic carbocycles. The van der Waals surface area contributed by atoms with Gasteiger partial charge in [-0.2, -0.15) is 0 Å². The van der Waals surface area contributed by atoms with Crippen LogP contribution in [0.15, 0.2) is 48.5 Å². The molecule has 0 amide bonds. The van der Waals surface area contributed by atoms with Crippen LogP contribution in [0.1, 0.15) is 24.0 Å². The van der Waals surface area contributed by atoms with Crippen LogP contribution in [0.2, 0.25) is 0 Å². The summed E-state index contributed by atoms with van der Waals surface area (Å²) in [4.78, 5) is 24.4. The van der Waals surface area contributed by atoms with Crippen molar-refractivity contribution in [3.05, 3.63) is 59.7 Å². The van der Waals surface area contributed by atoms with Crippen LogP contribution < -0.4 is 9.47 Å². The lowest BCUT2D eigenvalue weighted by atomic mass is 10.0. The van der Waals surface area contributed by atoms with Crippen LogP contribution in [0.3, 0.4) is 0 Å². The molecule has 0 saturated carbocycles. The van der Waals surface area contributed by atoms with Gasteiger partial charge in [-0.15, -0.1) is 13.2 Å². The van der Waals surface area contributed by atoms with E-state index in [0.29, 0.717) is 30.7 Å². The largest absolute Gasteiger partial charge is 0.573 e. The van der Waals surface area contributed by atoms with Gasteiger partial charge in [-0.1, -0.05) is 30.3 Å². The molecule has 0 fully saturated rings. The number of para-hydroxylation sites is 1. The molecular formula is C24H28F3NO6. The van der Waals surface area contributed by atoms with Crippen LogP contribution in [0.4, 0.5) is 13.2 Å². The summed E-state index contributed by atoms with van der Waals surface area (Å²) in [7, 11) is 3.62. The Balaban J connectivity index is 2.00. The van der Waals surface area contributed by atoms with Crippen molar-refractivity contribution in [3.8, 4) is 11.5 Å². The summed E-state index contributed by atoms with van der Waals surface area (Å²) < 4.78 is 52.7. The van der Waals surface area contributed by atoms with E-state index in [1.807, 2.05) is 31.1 Å². The zero-order valence-corrected chi connectivity index (χ0v) is 19.0. The standard InChI is InChI=1S/C24H28F3NO6/c1-28(2)15-20(33-23(31)13-12-22(29)30)16-32-21-9-4-3-7-18(21)11-10-17-6-5-8-19(14-17)34-24(25,26)27/h3-9,14,20H,10-13,15-16H2,1-2H3,(H,29,30). The number of carbonyl (C=O) groups is 2. The molecule has 1 unspecified atom stereocenters. The second kappa shape index (κ2) is 12.8. The fraction of sp³-hybridized carbons (Fsp3) is 0.417. The number of alkyl halides is 3. The number of carboxylic acids is 1. The highest BCUT2D eigenvalue weighted by Crippen LogP contribution is 2.25. The number of likely N-dealkylation sites (N-methyl/N-ethyl adjacent to an activating group) is 1. The van der Waals surface area contributed by atoms with Crippen LogP contribution >= 0.6 is 0 Å². The van der Waals surface area contributed by atoms with E-state index < -0.39 is 24.4 Å². The third-order valence-corrected chi connectivity index (χ3v) is 4.62. The maximum atomic E-state index is 12.5. The minimum atomic E-state index is -4.75.